The van der Waals surface area contributed by atoms with Crippen LogP contribution in [0.15, 0.2) is 58.1 Å². The third kappa shape index (κ3) is 1.47. The van der Waals surface area contributed by atoms with E-state index in [2.05, 4.69) is 63.5 Å². The molecule has 3 rings (SSSR count). The zero-order valence-electron chi connectivity index (χ0n) is 11.7. The van der Waals surface area contributed by atoms with Crippen LogP contribution in [0, 0.1) is 10.8 Å². The Labute approximate surface area is 110 Å². The first-order valence-corrected chi connectivity index (χ1v) is 6.78. The summed E-state index contributed by atoms with van der Waals surface area (Å²) < 4.78 is 0. The monoisotopic (exact) mass is 236 g/mol. The van der Waals surface area contributed by atoms with E-state index >= 15 is 0 Å². The minimum atomic E-state index is 0.0741. The molecule has 0 aromatic rings. The average molecular weight is 236 g/mol. The van der Waals surface area contributed by atoms with Crippen LogP contribution in [0.2, 0.25) is 0 Å². The van der Waals surface area contributed by atoms with Crippen LogP contribution in [0.4, 0.5) is 0 Å². The summed E-state index contributed by atoms with van der Waals surface area (Å²) in [7, 11) is 0. The Morgan fingerprint density at radius 3 is 1.50 bits per heavy atom. The molecule has 0 aromatic carbocycles. The van der Waals surface area contributed by atoms with E-state index in [4.69, 9.17) is 0 Å². The minimum absolute atomic E-state index is 0.0741. The van der Waals surface area contributed by atoms with Crippen LogP contribution >= 0.6 is 0 Å². The highest BCUT2D eigenvalue weighted by atomic mass is 14.4. The van der Waals surface area contributed by atoms with E-state index in [1.54, 1.807) is 0 Å². The van der Waals surface area contributed by atoms with Gasteiger partial charge in [0.1, 0.15) is 0 Å². The standard InChI is InChI=1S/C18H20/c1-17(2)15-9-7-13(11-15)5-6-14-8-10-16(12-14)18(17,3)4/h7-10H,5-6H2,1-4H3. The van der Waals surface area contributed by atoms with Crippen LogP contribution in [-0.2, 0) is 0 Å². The van der Waals surface area contributed by atoms with Gasteiger partial charge in [-0.3, -0.25) is 0 Å². The van der Waals surface area contributed by atoms with Crippen LogP contribution in [0.3, 0.4) is 0 Å². The van der Waals surface area contributed by atoms with Gasteiger partial charge in [-0.05, 0) is 36.1 Å². The van der Waals surface area contributed by atoms with Crippen molar-refractivity contribution in [3.05, 3.63) is 58.1 Å². The minimum Gasteiger partial charge on any atom is -0.113 e. The Balaban J connectivity index is 2.22. The normalized spacial score (nSPS) is 26.4. The third-order valence-electron chi connectivity index (χ3n) is 5.07. The van der Waals surface area contributed by atoms with Gasteiger partial charge >= 0.3 is 0 Å². The Hall–Kier alpha value is -1.48. The molecule has 3 aliphatic carbocycles. The largest absolute Gasteiger partial charge is 0.113 e. The van der Waals surface area contributed by atoms with Gasteiger partial charge < -0.3 is 0 Å². The lowest BCUT2D eigenvalue weighted by atomic mass is 9.61. The van der Waals surface area contributed by atoms with Gasteiger partial charge in [-0.1, -0.05) is 39.8 Å². The van der Waals surface area contributed by atoms with Gasteiger partial charge in [0.25, 0.3) is 0 Å². The maximum Gasteiger partial charge on any atom is 0.00674 e. The molecule has 0 heteroatoms. The fraction of sp³-hybridized carbons (Fsp3) is 0.444. The predicted molar refractivity (Wildman–Crippen MR) is 76.2 cm³/mol. The van der Waals surface area contributed by atoms with Crippen LogP contribution in [0.1, 0.15) is 40.5 Å². The highest BCUT2D eigenvalue weighted by Crippen LogP contribution is 2.51. The Morgan fingerprint density at radius 2 is 1.11 bits per heavy atom. The fourth-order valence-electron chi connectivity index (χ4n) is 2.84. The van der Waals surface area contributed by atoms with Crippen molar-refractivity contribution in [1.29, 1.82) is 0 Å². The van der Waals surface area contributed by atoms with E-state index < -0.39 is 0 Å². The van der Waals surface area contributed by atoms with Gasteiger partial charge in [-0.2, -0.15) is 0 Å². The summed E-state index contributed by atoms with van der Waals surface area (Å²) in [6, 6.07) is 0. The first-order valence-electron chi connectivity index (χ1n) is 6.78. The first kappa shape index (κ1) is 11.6. The van der Waals surface area contributed by atoms with Gasteiger partial charge in [0, 0.05) is 22.0 Å². The maximum atomic E-state index is 3.62. The highest BCUT2D eigenvalue weighted by Gasteiger charge is 2.42. The molecule has 0 spiro atoms. The summed E-state index contributed by atoms with van der Waals surface area (Å²) in [6.07, 6.45) is 11.1. The molecular weight excluding hydrogens is 216 g/mol. The first-order chi connectivity index (χ1) is 8.41. The second kappa shape index (κ2) is 3.51. The number of hydrogen-bond donors (Lipinski definition) is 0. The zero-order valence-corrected chi connectivity index (χ0v) is 11.7. The smallest absolute Gasteiger partial charge is 0.00674 e. The quantitative estimate of drug-likeness (QED) is 0.526. The summed E-state index contributed by atoms with van der Waals surface area (Å²) >= 11 is 0. The molecule has 0 unspecified atom stereocenters. The van der Waals surface area contributed by atoms with Crippen molar-refractivity contribution in [1.82, 2.24) is 0 Å². The molecule has 18 heavy (non-hydrogen) atoms. The molecule has 0 radical (unpaired) electrons. The van der Waals surface area contributed by atoms with Crippen molar-refractivity contribution in [2.24, 2.45) is 10.8 Å². The Kier molecular flexibility index (Phi) is 2.26. The summed E-state index contributed by atoms with van der Waals surface area (Å²) in [5.41, 5.74) is 12.7. The molecule has 0 atom stereocenters. The lowest BCUT2D eigenvalue weighted by Crippen LogP contribution is -2.34. The third-order valence-corrected chi connectivity index (χ3v) is 5.07. The molecule has 0 amide bonds. The van der Waals surface area contributed by atoms with Crippen LogP contribution in [0.5, 0.6) is 0 Å². The fourth-order valence-corrected chi connectivity index (χ4v) is 2.84. The van der Waals surface area contributed by atoms with Crippen molar-refractivity contribution < 1.29 is 0 Å². The second-order valence-corrected chi connectivity index (χ2v) is 6.54. The van der Waals surface area contributed by atoms with E-state index in [1.165, 1.54) is 22.3 Å². The molecule has 0 aromatic heterocycles. The molecule has 4 bridgehead atoms. The molecule has 92 valence electrons. The van der Waals surface area contributed by atoms with Crippen molar-refractivity contribution in [3.63, 3.8) is 0 Å². The van der Waals surface area contributed by atoms with E-state index in [0.29, 0.717) is 0 Å². The summed E-state index contributed by atoms with van der Waals surface area (Å²) in [5.74, 6) is 0. The summed E-state index contributed by atoms with van der Waals surface area (Å²) in [5, 5.41) is 0. The summed E-state index contributed by atoms with van der Waals surface area (Å²) in [6.45, 7) is 9.30. The lowest BCUT2D eigenvalue weighted by molar-refractivity contribution is 0.210. The molecule has 0 N–H and O–H groups in total. The molecular formula is C18H20. The highest BCUT2D eigenvalue weighted by molar-refractivity contribution is 5.48. The molecule has 3 aliphatic rings. The Morgan fingerprint density at radius 1 is 0.722 bits per heavy atom. The zero-order chi connectivity index (χ0) is 13.0. The second-order valence-electron chi connectivity index (χ2n) is 6.54. The SMILES string of the molecule is CC1(C)C2=C=C(C=C2)CCC2=C=C(C=C2)C1(C)C. The maximum absolute atomic E-state index is 3.62. The number of hydrogen-bond acceptors (Lipinski definition) is 0. The Bertz CT molecular complexity index is 546. The van der Waals surface area contributed by atoms with E-state index in [9.17, 15) is 0 Å². The predicted octanol–water partition coefficient (Wildman–Crippen LogP) is 4.88. The molecule has 0 saturated heterocycles. The topological polar surface area (TPSA) is 0 Å². The van der Waals surface area contributed by atoms with Crippen molar-refractivity contribution in [2.75, 3.05) is 0 Å². The van der Waals surface area contributed by atoms with Crippen molar-refractivity contribution >= 4 is 0 Å². The van der Waals surface area contributed by atoms with Gasteiger partial charge in [-0.15, -0.1) is 11.5 Å². The van der Waals surface area contributed by atoms with Gasteiger partial charge in [0.05, 0.1) is 0 Å². The molecule has 0 fully saturated rings. The van der Waals surface area contributed by atoms with Crippen molar-refractivity contribution in [3.8, 4) is 0 Å². The molecule has 0 saturated carbocycles. The summed E-state index contributed by atoms with van der Waals surface area (Å²) in [4.78, 5) is 0. The van der Waals surface area contributed by atoms with Crippen molar-refractivity contribution in [2.45, 2.75) is 40.5 Å². The molecule has 0 heterocycles. The number of allylic oxidation sites excluding steroid dienone is 6. The van der Waals surface area contributed by atoms with E-state index in [1.807, 2.05) is 0 Å². The van der Waals surface area contributed by atoms with Crippen LogP contribution in [-0.4, -0.2) is 0 Å². The van der Waals surface area contributed by atoms with Gasteiger partial charge in [0.15, 0.2) is 0 Å². The van der Waals surface area contributed by atoms with E-state index in [-0.39, 0.29) is 10.8 Å². The molecule has 0 aliphatic heterocycles. The average Bonchev–Trinajstić information content (AvgIpc) is 2.94. The number of rotatable bonds is 0. The van der Waals surface area contributed by atoms with E-state index in [0.717, 1.165) is 12.8 Å². The van der Waals surface area contributed by atoms with Crippen LogP contribution in [0.25, 0.3) is 0 Å². The van der Waals surface area contributed by atoms with Crippen LogP contribution < -0.4 is 0 Å². The lowest BCUT2D eigenvalue weighted by Gasteiger charge is -2.42. The van der Waals surface area contributed by atoms with Gasteiger partial charge in [-0.25, -0.2) is 0 Å². The van der Waals surface area contributed by atoms with Gasteiger partial charge in [0.2, 0.25) is 0 Å². The molecule has 0 nitrogen and oxygen atoms in total.